The minimum Gasteiger partial charge on any atom is -0.463 e. The van der Waals surface area contributed by atoms with Gasteiger partial charge in [0, 0.05) is 21.0 Å². The van der Waals surface area contributed by atoms with Crippen molar-refractivity contribution in [3.8, 4) is 0 Å². The van der Waals surface area contributed by atoms with Crippen LogP contribution in [0.15, 0.2) is 40.9 Å². The lowest BCUT2D eigenvalue weighted by Gasteiger charge is -2.29. The monoisotopic (exact) mass is 498 g/mol. The highest BCUT2D eigenvalue weighted by Crippen LogP contribution is 2.38. The van der Waals surface area contributed by atoms with Crippen molar-refractivity contribution in [2.24, 2.45) is 11.8 Å². The van der Waals surface area contributed by atoms with Crippen molar-refractivity contribution >= 4 is 32.7 Å². The molecule has 30 heavy (non-hydrogen) atoms. The Bertz CT molecular complexity index is 765. The van der Waals surface area contributed by atoms with Crippen LogP contribution < -0.4 is 0 Å². The zero-order chi connectivity index (χ0) is 21.7. The van der Waals surface area contributed by atoms with Crippen LogP contribution in [-0.4, -0.2) is 44.0 Å². The van der Waals surface area contributed by atoms with Gasteiger partial charge < -0.3 is 14.9 Å². The molecule has 7 heteroatoms. The van der Waals surface area contributed by atoms with Crippen LogP contribution in [0.3, 0.4) is 0 Å². The molecule has 1 aromatic carbocycles. The zero-order valence-corrected chi connectivity index (χ0v) is 19.7. The molecule has 1 heterocycles. The molecule has 2 N–H and O–H groups in total. The van der Waals surface area contributed by atoms with E-state index in [1.807, 2.05) is 31.2 Å². The molecule has 166 valence electrons. The fraction of sp³-hybridized carbons (Fsp3) is 0.609. The van der Waals surface area contributed by atoms with Crippen molar-refractivity contribution in [1.82, 2.24) is 0 Å². The fourth-order valence-electron chi connectivity index (χ4n) is 4.47. The van der Waals surface area contributed by atoms with Gasteiger partial charge in [-0.1, -0.05) is 40.2 Å². The normalized spacial score (nSPS) is 35.3. The van der Waals surface area contributed by atoms with Crippen molar-refractivity contribution in [2.75, 3.05) is 0 Å². The van der Waals surface area contributed by atoms with Crippen LogP contribution in [0, 0.1) is 11.8 Å². The number of rotatable bonds is 3. The number of cyclic esters (lactones) is 1. The Balaban J connectivity index is 1.84. The molecule has 0 aromatic heterocycles. The smallest absolute Gasteiger partial charge is 0.307 e. The highest BCUT2D eigenvalue weighted by molar-refractivity contribution is 9.10. The number of benzene rings is 1. The summed E-state index contributed by atoms with van der Waals surface area (Å²) in [6.07, 6.45) is 6.05. The lowest BCUT2D eigenvalue weighted by molar-refractivity contribution is -0.149. The largest absolute Gasteiger partial charge is 0.463 e. The molecule has 1 fully saturated rings. The quantitative estimate of drug-likeness (QED) is 0.487. The Morgan fingerprint density at radius 3 is 2.67 bits per heavy atom. The van der Waals surface area contributed by atoms with Crippen LogP contribution in [0.4, 0.5) is 0 Å². The molecule has 5 nitrogen and oxygen atoms in total. The van der Waals surface area contributed by atoms with Crippen LogP contribution in [0.2, 0.25) is 0 Å². The maximum atomic E-state index is 13.3. The molecule has 0 bridgehead atoms. The summed E-state index contributed by atoms with van der Waals surface area (Å²) in [5, 5.41) is 20.7. The molecule has 2 aliphatic rings. The molecule has 7 atom stereocenters. The average Bonchev–Trinajstić information content (AvgIpc) is 3.07. The van der Waals surface area contributed by atoms with Crippen LogP contribution in [-0.2, 0) is 26.1 Å². The molecule has 1 aliphatic heterocycles. The van der Waals surface area contributed by atoms with Crippen LogP contribution in [0.1, 0.15) is 51.0 Å². The minimum absolute atomic E-state index is 0.0244. The van der Waals surface area contributed by atoms with Crippen molar-refractivity contribution < 1.29 is 24.0 Å². The van der Waals surface area contributed by atoms with Crippen molar-refractivity contribution in [3.63, 3.8) is 0 Å². The van der Waals surface area contributed by atoms with Gasteiger partial charge in [0.2, 0.25) is 0 Å². The second kappa shape index (κ2) is 11.0. The third kappa shape index (κ3) is 6.49. The lowest BCUT2D eigenvalue weighted by atomic mass is 9.87. The van der Waals surface area contributed by atoms with E-state index in [2.05, 4.69) is 28.1 Å². The molecular formula is C23H31BrO5S. The summed E-state index contributed by atoms with van der Waals surface area (Å²) < 4.78 is 19.8. The van der Waals surface area contributed by atoms with E-state index in [-0.39, 0.29) is 30.1 Å². The van der Waals surface area contributed by atoms with E-state index in [1.165, 1.54) is 0 Å². The van der Waals surface area contributed by atoms with Gasteiger partial charge in [-0.15, -0.1) is 0 Å². The Morgan fingerprint density at radius 1 is 1.20 bits per heavy atom. The summed E-state index contributed by atoms with van der Waals surface area (Å²) >= 11 is 3.40. The van der Waals surface area contributed by atoms with Crippen molar-refractivity contribution in [2.45, 2.75) is 74.8 Å². The second-order valence-corrected chi connectivity index (χ2v) is 11.1. The number of ether oxygens (including phenoxy) is 1. The Hall–Kier alpha value is -1.02. The summed E-state index contributed by atoms with van der Waals surface area (Å²) in [5.41, 5.74) is 0.885. The van der Waals surface area contributed by atoms with Gasteiger partial charge in [-0.05, 0) is 68.6 Å². The van der Waals surface area contributed by atoms with Gasteiger partial charge >= 0.3 is 5.97 Å². The maximum absolute atomic E-state index is 13.3. The molecule has 0 amide bonds. The van der Waals surface area contributed by atoms with Crippen LogP contribution in [0.25, 0.3) is 0 Å². The number of aliphatic hydroxyl groups is 2. The number of halogens is 1. The number of allylic oxidation sites excluding steroid dienone is 2. The first kappa shape index (κ1) is 23.6. The fourth-order valence-corrected chi connectivity index (χ4v) is 6.31. The average molecular weight is 499 g/mol. The summed E-state index contributed by atoms with van der Waals surface area (Å²) in [4.78, 5) is 12.6. The van der Waals surface area contributed by atoms with E-state index < -0.39 is 34.2 Å². The predicted octanol–water partition coefficient (Wildman–Crippen LogP) is 3.88. The van der Waals surface area contributed by atoms with Gasteiger partial charge in [-0.3, -0.25) is 9.00 Å². The molecule has 1 saturated carbocycles. The molecule has 3 rings (SSSR count). The summed E-state index contributed by atoms with van der Waals surface area (Å²) in [6.45, 7) is 1.87. The number of fused-ring (bicyclic) bond motifs is 1. The van der Waals surface area contributed by atoms with Crippen molar-refractivity contribution in [1.29, 1.82) is 0 Å². The van der Waals surface area contributed by atoms with Crippen LogP contribution in [0.5, 0.6) is 0 Å². The number of hydrogen-bond acceptors (Lipinski definition) is 5. The minimum atomic E-state index is -1.47. The number of aliphatic hydroxyl groups excluding tert-OH is 2. The standard InChI is InChI=1S/C23H31BrO5S/c1-15-5-3-2-4-6-17-11-19(25)12-20(17)23(27)21(13-22(26)29-15)30(28)14-16-7-9-18(24)10-8-16/h4,6-10,15,17,19-21,23,25,27H,2-3,5,11-14H2,1H3/b6-4+/t15-,17+,19-,20+,21+,23-,30-/m0/s1. The highest BCUT2D eigenvalue weighted by atomic mass is 79.9. The van der Waals surface area contributed by atoms with E-state index in [0.717, 1.165) is 29.3 Å². The van der Waals surface area contributed by atoms with Gasteiger partial charge in [0.25, 0.3) is 0 Å². The molecule has 1 aliphatic carbocycles. The zero-order valence-electron chi connectivity index (χ0n) is 17.3. The van der Waals surface area contributed by atoms with Crippen LogP contribution >= 0.6 is 15.9 Å². The lowest BCUT2D eigenvalue weighted by Crippen LogP contribution is -2.40. The van der Waals surface area contributed by atoms with Gasteiger partial charge in [0.15, 0.2) is 0 Å². The van der Waals surface area contributed by atoms with Gasteiger partial charge in [-0.25, -0.2) is 0 Å². The van der Waals surface area contributed by atoms with E-state index in [1.54, 1.807) is 0 Å². The Labute approximate surface area is 189 Å². The predicted molar refractivity (Wildman–Crippen MR) is 121 cm³/mol. The topological polar surface area (TPSA) is 83.8 Å². The van der Waals surface area contributed by atoms with Gasteiger partial charge in [-0.2, -0.15) is 0 Å². The molecule has 0 radical (unpaired) electrons. The molecule has 1 aromatic rings. The number of esters is 1. The molecule has 0 unspecified atom stereocenters. The Kier molecular flexibility index (Phi) is 8.69. The van der Waals surface area contributed by atoms with E-state index in [9.17, 15) is 19.2 Å². The van der Waals surface area contributed by atoms with E-state index in [4.69, 9.17) is 4.74 Å². The number of carbonyl (C=O) groups excluding carboxylic acids is 1. The molecule has 0 saturated heterocycles. The van der Waals surface area contributed by atoms with Gasteiger partial charge in [0.1, 0.15) is 0 Å². The van der Waals surface area contributed by atoms with Gasteiger partial charge in [0.05, 0.1) is 30.0 Å². The number of carbonyl (C=O) groups is 1. The summed E-state index contributed by atoms with van der Waals surface area (Å²) in [5.74, 6) is -0.358. The third-order valence-electron chi connectivity index (χ3n) is 6.08. The number of hydrogen-bond donors (Lipinski definition) is 2. The SMILES string of the molecule is C[C@H]1CCC/C=C/[C@@H]2C[C@H](O)C[C@H]2[C@H](O)[C@H]([S@@](=O)Cc2ccc(Br)cc2)CC(=O)O1. The Morgan fingerprint density at radius 2 is 1.93 bits per heavy atom. The third-order valence-corrected chi connectivity index (χ3v) is 8.35. The van der Waals surface area contributed by atoms with E-state index in [0.29, 0.717) is 12.8 Å². The van der Waals surface area contributed by atoms with Crippen molar-refractivity contribution in [3.05, 3.63) is 46.5 Å². The maximum Gasteiger partial charge on any atom is 0.307 e. The summed E-state index contributed by atoms with van der Waals surface area (Å²) in [6, 6.07) is 7.55. The second-order valence-electron chi connectivity index (χ2n) is 8.50. The summed E-state index contributed by atoms with van der Waals surface area (Å²) in [7, 11) is -1.47. The van der Waals surface area contributed by atoms with E-state index >= 15 is 0 Å². The molecule has 0 spiro atoms. The molecular weight excluding hydrogens is 468 g/mol. The highest BCUT2D eigenvalue weighted by Gasteiger charge is 2.42. The first-order chi connectivity index (χ1) is 14.3. The first-order valence-electron chi connectivity index (χ1n) is 10.7. The first-order valence-corrected chi connectivity index (χ1v) is 12.8.